The maximum atomic E-state index is 12.3. The van der Waals surface area contributed by atoms with E-state index >= 15 is 0 Å². The van der Waals surface area contributed by atoms with Gasteiger partial charge in [-0.1, -0.05) is 19.1 Å². The van der Waals surface area contributed by atoms with Crippen molar-refractivity contribution in [3.63, 3.8) is 0 Å². The van der Waals surface area contributed by atoms with Gasteiger partial charge < -0.3 is 14.6 Å². The third-order valence-electron chi connectivity index (χ3n) is 5.75. The number of carbonyl (C=O) groups is 3. The molecule has 0 aromatic carbocycles. The van der Waals surface area contributed by atoms with Crippen LogP contribution in [0.2, 0.25) is 0 Å². The summed E-state index contributed by atoms with van der Waals surface area (Å²) >= 11 is 0. The normalized spacial score (nSPS) is 42.7. The Labute approximate surface area is 134 Å². The second-order valence-electron chi connectivity index (χ2n) is 7.02. The summed E-state index contributed by atoms with van der Waals surface area (Å²) < 4.78 is 10.4. The lowest BCUT2D eigenvalue weighted by Gasteiger charge is -2.30. The summed E-state index contributed by atoms with van der Waals surface area (Å²) in [5, 5.41) is 10.8. The lowest BCUT2D eigenvalue weighted by molar-refractivity contribution is -0.166. The van der Waals surface area contributed by atoms with Gasteiger partial charge in [-0.15, -0.1) is 0 Å². The van der Waals surface area contributed by atoms with Crippen LogP contribution in [-0.4, -0.2) is 41.1 Å². The van der Waals surface area contributed by atoms with E-state index in [0.29, 0.717) is 19.3 Å². The Bertz CT molecular complexity index is 582. The first-order valence-corrected chi connectivity index (χ1v) is 8.03. The van der Waals surface area contributed by atoms with E-state index in [2.05, 4.69) is 6.58 Å². The Kier molecular flexibility index (Phi) is 3.83. The molecule has 3 rings (SSSR count). The monoisotopic (exact) mass is 322 g/mol. The van der Waals surface area contributed by atoms with Crippen LogP contribution in [0.5, 0.6) is 0 Å². The lowest BCUT2D eigenvalue weighted by atomic mass is 9.76. The van der Waals surface area contributed by atoms with E-state index in [1.807, 2.05) is 6.92 Å². The van der Waals surface area contributed by atoms with Crippen LogP contribution >= 0.6 is 0 Å². The van der Waals surface area contributed by atoms with Gasteiger partial charge in [0.2, 0.25) is 5.60 Å². The predicted octanol–water partition coefficient (Wildman–Crippen LogP) is 1.01. The second kappa shape index (κ2) is 5.44. The molecule has 2 saturated carbocycles. The standard InChI is InChI=1S/C17H22O6/c1-8-4-5-12-15(14-9(2)13(19)6-11(8)14)23-16(20)17(12,21)7-22-10(3)18/h9,11-12,14-15,21H,1,4-7H2,2-3H3. The molecule has 3 aliphatic rings. The van der Waals surface area contributed by atoms with Crippen molar-refractivity contribution in [3.8, 4) is 0 Å². The van der Waals surface area contributed by atoms with E-state index in [1.54, 1.807) is 0 Å². The summed E-state index contributed by atoms with van der Waals surface area (Å²) in [7, 11) is 0. The molecule has 2 aliphatic carbocycles. The summed E-state index contributed by atoms with van der Waals surface area (Å²) in [5.74, 6) is -2.05. The number of ether oxygens (including phenoxy) is 2. The van der Waals surface area contributed by atoms with Crippen molar-refractivity contribution in [2.45, 2.75) is 44.8 Å². The number of rotatable bonds is 2. The molecule has 0 radical (unpaired) electrons. The largest absolute Gasteiger partial charge is 0.462 e. The van der Waals surface area contributed by atoms with Crippen LogP contribution in [0.15, 0.2) is 12.2 Å². The van der Waals surface area contributed by atoms with Crippen LogP contribution < -0.4 is 0 Å². The first kappa shape index (κ1) is 16.2. The molecule has 1 saturated heterocycles. The minimum absolute atomic E-state index is 0.00336. The van der Waals surface area contributed by atoms with Gasteiger partial charge in [0.1, 0.15) is 18.5 Å². The van der Waals surface area contributed by atoms with Gasteiger partial charge in [-0.05, 0) is 18.8 Å². The van der Waals surface area contributed by atoms with E-state index in [-0.39, 0.29) is 23.5 Å². The summed E-state index contributed by atoms with van der Waals surface area (Å²) in [6, 6.07) is 0. The SMILES string of the molecule is C=C1CCC2C(OC(=O)C2(O)COC(C)=O)C2C(C)C(=O)CC12. The molecule has 1 aliphatic heterocycles. The van der Waals surface area contributed by atoms with E-state index < -0.39 is 36.2 Å². The Morgan fingerprint density at radius 1 is 1.48 bits per heavy atom. The minimum atomic E-state index is -1.84. The lowest BCUT2D eigenvalue weighted by Crippen LogP contribution is -2.47. The fourth-order valence-corrected chi connectivity index (χ4v) is 4.42. The topological polar surface area (TPSA) is 89.9 Å². The van der Waals surface area contributed by atoms with Crippen LogP contribution in [0, 0.1) is 23.7 Å². The molecule has 6 heteroatoms. The highest BCUT2D eigenvalue weighted by molar-refractivity contribution is 5.86. The van der Waals surface area contributed by atoms with E-state index in [9.17, 15) is 19.5 Å². The number of Topliss-reactive ketones (excluding diaryl/α,β-unsaturated/α-hetero) is 1. The van der Waals surface area contributed by atoms with Crippen LogP contribution in [0.1, 0.15) is 33.1 Å². The fourth-order valence-electron chi connectivity index (χ4n) is 4.42. The number of carbonyl (C=O) groups excluding carboxylic acids is 3. The van der Waals surface area contributed by atoms with Gasteiger partial charge in [0.25, 0.3) is 0 Å². The van der Waals surface area contributed by atoms with Crippen molar-refractivity contribution in [3.05, 3.63) is 12.2 Å². The maximum Gasteiger partial charge on any atom is 0.342 e. The summed E-state index contributed by atoms with van der Waals surface area (Å²) in [6.45, 7) is 6.76. The molecule has 6 atom stereocenters. The first-order valence-electron chi connectivity index (χ1n) is 8.03. The highest BCUT2D eigenvalue weighted by atomic mass is 16.6. The molecule has 6 unspecified atom stereocenters. The third kappa shape index (κ3) is 2.40. The first-order chi connectivity index (χ1) is 10.8. The second-order valence-corrected chi connectivity index (χ2v) is 7.02. The van der Waals surface area contributed by atoms with E-state index in [4.69, 9.17) is 9.47 Å². The zero-order valence-electron chi connectivity index (χ0n) is 13.4. The Morgan fingerprint density at radius 2 is 2.17 bits per heavy atom. The Hall–Kier alpha value is -1.69. The van der Waals surface area contributed by atoms with E-state index in [0.717, 1.165) is 5.57 Å². The van der Waals surface area contributed by atoms with Gasteiger partial charge in [-0.3, -0.25) is 9.59 Å². The Morgan fingerprint density at radius 3 is 2.83 bits per heavy atom. The number of ketones is 1. The molecular formula is C17H22O6. The molecular weight excluding hydrogens is 300 g/mol. The van der Waals surface area contributed by atoms with Crippen LogP contribution in [-0.2, 0) is 23.9 Å². The van der Waals surface area contributed by atoms with Crippen molar-refractivity contribution in [1.82, 2.24) is 0 Å². The zero-order valence-corrected chi connectivity index (χ0v) is 13.4. The third-order valence-corrected chi connectivity index (χ3v) is 5.75. The van der Waals surface area contributed by atoms with Crippen molar-refractivity contribution >= 4 is 17.7 Å². The summed E-state index contributed by atoms with van der Waals surface area (Å²) in [5.41, 5.74) is -0.857. The molecule has 6 nitrogen and oxygen atoms in total. The van der Waals surface area contributed by atoms with Gasteiger partial charge in [0.05, 0.1) is 0 Å². The predicted molar refractivity (Wildman–Crippen MR) is 79.1 cm³/mol. The molecule has 0 bridgehead atoms. The number of fused-ring (bicyclic) bond motifs is 3. The average molecular weight is 322 g/mol. The number of aliphatic hydroxyl groups is 1. The number of esters is 2. The molecule has 1 heterocycles. The molecule has 23 heavy (non-hydrogen) atoms. The van der Waals surface area contributed by atoms with Crippen molar-refractivity contribution in [2.24, 2.45) is 23.7 Å². The van der Waals surface area contributed by atoms with Gasteiger partial charge in [0, 0.05) is 31.1 Å². The average Bonchev–Trinajstić information content (AvgIpc) is 2.85. The molecule has 0 spiro atoms. The number of hydrogen-bond acceptors (Lipinski definition) is 6. The molecule has 0 amide bonds. The van der Waals surface area contributed by atoms with Crippen molar-refractivity contribution in [1.29, 1.82) is 0 Å². The summed E-state index contributed by atoms with van der Waals surface area (Å²) in [6.07, 6.45) is 1.05. The molecule has 126 valence electrons. The van der Waals surface area contributed by atoms with Crippen molar-refractivity contribution < 1.29 is 29.0 Å². The van der Waals surface area contributed by atoms with Gasteiger partial charge >= 0.3 is 11.9 Å². The maximum absolute atomic E-state index is 12.3. The number of allylic oxidation sites excluding steroid dienone is 1. The van der Waals surface area contributed by atoms with Gasteiger partial charge in [-0.25, -0.2) is 4.79 Å². The smallest absolute Gasteiger partial charge is 0.342 e. The van der Waals surface area contributed by atoms with Crippen LogP contribution in [0.25, 0.3) is 0 Å². The van der Waals surface area contributed by atoms with Crippen LogP contribution in [0.3, 0.4) is 0 Å². The quantitative estimate of drug-likeness (QED) is 0.603. The van der Waals surface area contributed by atoms with Crippen LogP contribution in [0.4, 0.5) is 0 Å². The highest BCUT2D eigenvalue weighted by Gasteiger charge is 2.63. The zero-order chi connectivity index (χ0) is 16.9. The van der Waals surface area contributed by atoms with Gasteiger partial charge in [-0.2, -0.15) is 0 Å². The molecule has 0 aromatic rings. The molecule has 0 aromatic heterocycles. The fraction of sp³-hybridized carbons (Fsp3) is 0.706. The molecule has 1 N–H and O–H groups in total. The minimum Gasteiger partial charge on any atom is -0.462 e. The van der Waals surface area contributed by atoms with Crippen molar-refractivity contribution in [2.75, 3.05) is 6.61 Å². The number of hydrogen-bond donors (Lipinski definition) is 1. The highest BCUT2D eigenvalue weighted by Crippen LogP contribution is 2.52. The molecule has 3 fully saturated rings. The Balaban J connectivity index is 1.93. The summed E-state index contributed by atoms with van der Waals surface area (Å²) in [4.78, 5) is 35.5. The van der Waals surface area contributed by atoms with Gasteiger partial charge in [0.15, 0.2) is 0 Å². The van der Waals surface area contributed by atoms with E-state index in [1.165, 1.54) is 6.92 Å².